The van der Waals surface area contributed by atoms with Gasteiger partial charge in [-0.2, -0.15) is 0 Å². The number of carbonyl (C=O) groups excluding carboxylic acids is 3. The van der Waals surface area contributed by atoms with Gasteiger partial charge in [0.15, 0.2) is 5.76 Å². The number of nitrogens with one attached hydrogen (secondary N) is 1. The first-order chi connectivity index (χ1) is 21.5. The lowest BCUT2D eigenvalue weighted by molar-refractivity contribution is -0.133. The van der Waals surface area contributed by atoms with Crippen LogP contribution >= 0.6 is 0 Å². The van der Waals surface area contributed by atoms with Crippen molar-refractivity contribution in [2.45, 2.75) is 46.1 Å². The van der Waals surface area contributed by atoms with Crippen LogP contribution in [0.4, 0.5) is 5.69 Å². The molecule has 236 valence electrons. The molecule has 45 heavy (non-hydrogen) atoms. The molecule has 0 aliphatic carbocycles. The van der Waals surface area contributed by atoms with E-state index in [9.17, 15) is 22.8 Å². The van der Waals surface area contributed by atoms with Crippen LogP contribution in [-0.2, 0) is 26.0 Å². The molecule has 0 bridgehead atoms. The predicted molar refractivity (Wildman–Crippen MR) is 173 cm³/mol. The normalized spacial score (nSPS) is 11.9. The Balaban J connectivity index is 1.71. The third kappa shape index (κ3) is 8.66. The van der Waals surface area contributed by atoms with E-state index in [0.29, 0.717) is 39.7 Å². The minimum absolute atomic E-state index is 0.00264. The van der Waals surface area contributed by atoms with E-state index in [1.54, 1.807) is 72.8 Å². The Morgan fingerprint density at radius 3 is 2.20 bits per heavy atom. The van der Waals surface area contributed by atoms with Crippen LogP contribution in [0.25, 0.3) is 11.3 Å². The van der Waals surface area contributed by atoms with Crippen LogP contribution in [0.15, 0.2) is 89.6 Å². The second-order valence-corrected chi connectivity index (χ2v) is 13.0. The number of unbranched alkanes of at least 4 members (excludes halogenated alkanes) is 1. The van der Waals surface area contributed by atoms with Gasteiger partial charge in [0.25, 0.3) is 11.8 Å². The summed E-state index contributed by atoms with van der Waals surface area (Å²) in [6, 6.07) is 21.6. The monoisotopic (exact) mass is 630 g/mol. The summed E-state index contributed by atoms with van der Waals surface area (Å²) in [5, 5.41) is 6.39. The van der Waals surface area contributed by atoms with E-state index in [-0.39, 0.29) is 12.2 Å². The van der Waals surface area contributed by atoms with Gasteiger partial charge in [-0.3, -0.25) is 14.4 Å². The van der Waals surface area contributed by atoms with E-state index in [1.165, 1.54) is 18.1 Å². The lowest BCUT2D eigenvalue weighted by atomic mass is 10.0. The van der Waals surface area contributed by atoms with E-state index in [4.69, 9.17) is 4.52 Å². The number of aromatic nitrogens is 1. The van der Waals surface area contributed by atoms with Crippen LogP contribution in [0.2, 0.25) is 0 Å². The summed E-state index contributed by atoms with van der Waals surface area (Å²) in [6.45, 7) is 4.85. The lowest BCUT2D eigenvalue weighted by Crippen LogP contribution is -2.54. The van der Waals surface area contributed by atoms with Gasteiger partial charge in [0, 0.05) is 36.3 Å². The molecule has 0 spiro atoms. The lowest BCUT2D eigenvalue weighted by Gasteiger charge is -2.32. The second-order valence-electron chi connectivity index (χ2n) is 11.0. The third-order valence-corrected chi connectivity index (χ3v) is 9.11. The molecule has 4 aromatic rings. The number of rotatable bonds is 13. The second kappa shape index (κ2) is 14.8. The number of para-hydroxylation sites is 1. The maximum Gasteiger partial charge on any atom is 0.259 e. The molecule has 10 nitrogen and oxygen atoms in total. The highest BCUT2D eigenvalue weighted by atomic mass is 32.2. The van der Waals surface area contributed by atoms with Crippen LogP contribution in [0.5, 0.6) is 0 Å². The Morgan fingerprint density at radius 2 is 1.60 bits per heavy atom. The number of likely N-dealkylation sites (N-methyl/N-ethyl adjacent to an activating group) is 1. The molecule has 0 radical (unpaired) electrons. The number of carbonyl (C=O) groups is 3. The number of amides is 3. The Bertz CT molecular complexity index is 1700. The summed E-state index contributed by atoms with van der Waals surface area (Å²) in [5.41, 5.74) is 4.02. The number of hydrogen-bond donors (Lipinski definition) is 1. The van der Waals surface area contributed by atoms with Crippen LogP contribution in [-0.4, -0.2) is 65.9 Å². The number of nitrogens with zero attached hydrogens (tertiary/aromatic N) is 3. The topological polar surface area (TPSA) is 130 Å². The highest BCUT2D eigenvalue weighted by molar-refractivity contribution is 7.89. The van der Waals surface area contributed by atoms with E-state index >= 15 is 0 Å². The average molecular weight is 631 g/mol. The molecule has 1 N–H and O–H groups in total. The molecule has 0 fully saturated rings. The molecule has 0 unspecified atom stereocenters. The Morgan fingerprint density at radius 1 is 0.933 bits per heavy atom. The van der Waals surface area contributed by atoms with E-state index in [1.807, 2.05) is 26.8 Å². The van der Waals surface area contributed by atoms with E-state index in [2.05, 4.69) is 10.5 Å². The molecule has 0 aliphatic rings. The van der Waals surface area contributed by atoms with Crippen LogP contribution in [0.1, 0.15) is 46.8 Å². The molecule has 0 aliphatic heterocycles. The van der Waals surface area contributed by atoms with E-state index < -0.39 is 40.3 Å². The molecule has 1 aromatic heterocycles. The summed E-state index contributed by atoms with van der Waals surface area (Å²) < 4.78 is 33.1. The quantitative estimate of drug-likeness (QED) is 0.214. The van der Waals surface area contributed by atoms with Gasteiger partial charge < -0.3 is 14.7 Å². The summed E-state index contributed by atoms with van der Waals surface area (Å²) in [7, 11) is -2.74. The molecule has 1 heterocycles. The molecule has 3 amide bonds. The SMILES string of the molecule is CCCCS(=O)(=O)N(CC(=O)Nc1ccccc1)C(=O)[C@H](Cc1ccc(-c2ccno2)cc1)N(C)C(=O)c1cc(C)cc(C)c1. The first-order valence-electron chi connectivity index (χ1n) is 14.7. The summed E-state index contributed by atoms with van der Waals surface area (Å²) in [6.07, 6.45) is 2.41. The number of aryl methyl sites for hydroxylation is 2. The average Bonchev–Trinajstić information content (AvgIpc) is 3.56. The van der Waals surface area contributed by atoms with Crippen molar-refractivity contribution >= 4 is 33.4 Å². The van der Waals surface area contributed by atoms with Crippen molar-refractivity contribution < 1.29 is 27.3 Å². The number of hydrogen-bond acceptors (Lipinski definition) is 7. The fourth-order valence-electron chi connectivity index (χ4n) is 5.00. The highest BCUT2D eigenvalue weighted by Crippen LogP contribution is 2.22. The number of anilines is 1. The van der Waals surface area contributed by atoms with Crippen molar-refractivity contribution in [2.75, 3.05) is 24.7 Å². The summed E-state index contributed by atoms with van der Waals surface area (Å²) in [5.74, 6) is -1.74. The molecule has 1 atom stereocenters. The van der Waals surface area contributed by atoms with Crippen molar-refractivity contribution in [3.05, 3.63) is 107 Å². The minimum atomic E-state index is -4.22. The first kappa shape index (κ1) is 33.1. The van der Waals surface area contributed by atoms with Crippen LogP contribution < -0.4 is 5.32 Å². The molecule has 0 saturated heterocycles. The molecule has 11 heteroatoms. The maximum atomic E-state index is 14.4. The molecule has 3 aromatic carbocycles. The van der Waals surface area contributed by atoms with Gasteiger partial charge in [-0.1, -0.05) is 78.2 Å². The van der Waals surface area contributed by atoms with Crippen molar-refractivity contribution in [3.8, 4) is 11.3 Å². The van der Waals surface area contributed by atoms with Gasteiger partial charge in [-0.25, -0.2) is 12.7 Å². The summed E-state index contributed by atoms with van der Waals surface area (Å²) in [4.78, 5) is 42.5. The molecule has 4 rings (SSSR count). The van der Waals surface area contributed by atoms with Gasteiger partial charge >= 0.3 is 0 Å². The zero-order valence-electron chi connectivity index (χ0n) is 25.9. The third-order valence-electron chi connectivity index (χ3n) is 7.33. The highest BCUT2D eigenvalue weighted by Gasteiger charge is 2.38. The van der Waals surface area contributed by atoms with Crippen molar-refractivity contribution in [3.63, 3.8) is 0 Å². The van der Waals surface area contributed by atoms with Crippen molar-refractivity contribution in [2.24, 2.45) is 0 Å². The number of benzene rings is 3. The standard InChI is InChI=1S/C34H38N4O6S/c1-5-6-18-45(42,43)38(23-32(39)36-29-10-8-7-9-11-29)34(41)30(37(4)33(40)28-20-24(2)19-25(3)21-28)22-26-12-14-27(15-13-26)31-16-17-35-44-31/h7-17,19-21,30H,5-6,18,22-23H2,1-4H3,(H,36,39)/t30-/m0/s1. The van der Waals surface area contributed by atoms with Gasteiger partial charge in [0.05, 0.1) is 11.9 Å². The van der Waals surface area contributed by atoms with Crippen LogP contribution in [0.3, 0.4) is 0 Å². The first-order valence-corrected chi connectivity index (χ1v) is 16.3. The van der Waals surface area contributed by atoms with Gasteiger partial charge in [0.2, 0.25) is 15.9 Å². The van der Waals surface area contributed by atoms with Crippen molar-refractivity contribution in [1.29, 1.82) is 0 Å². The van der Waals surface area contributed by atoms with Gasteiger partial charge in [-0.15, -0.1) is 0 Å². The van der Waals surface area contributed by atoms with Crippen molar-refractivity contribution in [1.82, 2.24) is 14.4 Å². The predicted octanol–water partition coefficient (Wildman–Crippen LogP) is 5.24. The Labute approximate surface area is 264 Å². The minimum Gasteiger partial charge on any atom is -0.356 e. The Kier molecular flexibility index (Phi) is 10.9. The summed E-state index contributed by atoms with van der Waals surface area (Å²) >= 11 is 0. The zero-order valence-corrected chi connectivity index (χ0v) is 26.7. The fraction of sp³-hybridized carbons (Fsp3) is 0.294. The van der Waals surface area contributed by atoms with E-state index in [0.717, 1.165) is 16.7 Å². The van der Waals surface area contributed by atoms with Crippen LogP contribution in [0, 0.1) is 13.8 Å². The largest absolute Gasteiger partial charge is 0.356 e. The fourth-order valence-corrected chi connectivity index (χ4v) is 6.58. The Hall–Kier alpha value is -4.77. The van der Waals surface area contributed by atoms with Gasteiger partial charge in [0.1, 0.15) is 12.6 Å². The smallest absolute Gasteiger partial charge is 0.259 e. The molecular weight excluding hydrogens is 592 g/mol. The van der Waals surface area contributed by atoms with Gasteiger partial charge in [-0.05, 0) is 50.1 Å². The maximum absolute atomic E-state index is 14.4. The number of sulfonamides is 1. The molecular formula is C34H38N4O6S. The molecule has 0 saturated carbocycles. The zero-order chi connectivity index (χ0) is 32.6.